The monoisotopic (exact) mass is 139 g/mol. The van der Waals surface area contributed by atoms with E-state index in [0.717, 1.165) is 5.69 Å². The Balaban J connectivity index is 0.000000371. The average molecular weight is 139 g/mol. The van der Waals surface area contributed by atoms with Crippen LogP contribution in [0.15, 0.2) is 18.3 Å². The molecule has 0 atom stereocenters. The predicted octanol–water partition coefficient (Wildman–Crippen LogP) is 1.24. The maximum Gasteiger partial charge on any atom is 0.196 e. The molecule has 0 amide bonds. The molecule has 1 aromatic rings. The van der Waals surface area contributed by atoms with E-state index in [4.69, 9.17) is 0 Å². The number of nitrogens with zero attached hydrogens (tertiary/aromatic N) is 2. The van der Waals surface area contributed by atoms with Crippen LogP contribution >= 0.6 is 0 Å². The Hall–Kier alpha value is -0.920. The van der Waals surface area contributed by atoms with E-state index in [-0.39, 0.29) is 0 Å². The van der Waals surface area contributed by atoms with Crippen LogP contribution in [0.5, 0.6) is 0 Å². The molecule has 10 heavy (non-hydrogen) atoms. The third-order valence-electron chi connectivity index (χ3n) is 0.955. The summed E-state index contributed by atoms with van der Waals surface area (Å²) in [5.41, 5.74) is 1.05. The largest absolute Gasteiger partial charge is 0.196 e. The quantitative estimate of drug-likeness (QED) is 0.494. The molecule has 0 saturated heterocycles. The molecule has 0 saturated carbocycles. The van der Waals surface area contributed by atoms with Gasteiger partial charge in [-0.1, -0.05) is 18.5 Å². The molecular weight excluding hydrogens is 124 g/mol. The first-order valence-electron chi connectivity index (χ1n) is 3.58. The highest BCUT2D eigenvalue weighted by atomic mass is 15.2. The van der Waals surface area contributed by atoms with Crippen LogP contribution < -0.4 is 4.68 Å². The molecule has 0 aliphatic rings. The Kier molecular flexibility index (Phi) is 4.46. The Labute approximate surface area is 62.5 Å². The summed E-state index contributed by atoms with van der Waals surface area (Å²) in [5, 5.41) is 4.09. The second-order valence-electron chi connectivity index (χ2n) is 1.82. The van der Waals surface area contributed by atoms with Crippen molar-refractivity contribution in [1.29, 1.82) is 0 Å². The van der Waals surface area contributed by atoms with Crippen molar-refractivity contribution in [2.75, 3.05) is 0 Å². The van der Waals surface area contributed by atoms with Gasteiger partial charge in [0.25, 0.3) is 0 Å². The van der Waals surface area contributed by atoms with E-state index in [0.29, 0.717) is 0 Å². The number of hydrogen-bond acceptors (Lipinski definition) is 1. The summed E-state index contributed by atoms with van der Waals surface area (Å²) < 4.78 is 1.79. The predicted molar refractivity (Wildman–Crippen MR) is 41.5 cm³/mol. The zero-order valence-corrected chi connectivity index (χ0v) is 7.13. The number of aryl methyl sites for hydroxylation is 2. The number of rotatable bonds is 0. The van der Waals surface area contributed by atoms with Crippen molar-refractivity contribution in [3.05, 3.63) is 24.0 Å². The van der Waals surface area contributed by atoms with Crippen LogP contribution in [0.1, 0.15) is 19.5 Å². The van der Waals surface area contributed by atoms with Crippen LogP contribution in [0.2, 0.25) is 0 Å². The van der Waals surface area contributed by atoms with E-state index in [1.54, 1.807) is 4.68 Å². The van der Waals surface area contributed by atoms with Crippen molar-refractivity contribution in [1.82, 2.24) is 5.10 Å². The molecule has 1 rings (SSSR count). The van der Waals surface area contributed by atoms with Crippen LogP contribution in [-0.4, -0.2) is 5.10 Å². The van der Waals surface area contributed by atoms with Crippen LogP contribution in [0, 0.1) is 6.92 Å². The Morgan fingerprint density at radius 3 is 2.30 bits per heavy atom. The average Bonchev–Trinajstić information content (AvgIpc) is 1.91. The van der Waals surface area contributed by atoms with E-state index in [1.165, 1.54) is 0 Å². The summed E-state index contributed by atoms with van der Waals surface area (Å²) >= 11 is 0. The van der Waals surface area contributed by atoms with Crippen molar-refractivity contribution in [3.8, 4) is 0 Å². The minimum atomic E-state index is 1.05. The van der Waals surface area contributed by atoms with Crippen LogP contribution in [-0.2, 0) is 7.05 Å². The summed E-state index contributed by atoms with van der Waals surface area (Å²) in [7, 11) is 1.91. The molecule has 0 radical (unpaired) electrons. The fourth-order valence-electron chi connectivity index (χ4n) is 0.622. The normalized spacial score (nSPS) is 8.00. The number of hydrogen-bond donors (Lipinski definition) is 0. The lowest BCUT2D eigenvalue weighted by Crippen LogP contribution is -2.32. The summed E-state index contributed by atoms with van der Waals surface area (Å²) in [4.78, 5) is 0. The molecule has 0 aromatic carbocycles. The maximum absolute atomic E-state index is 4.09. The third kappa shape index (κ3) is 3.17. The summed E-state index contributed by atoms with van der Waals surface area (Å²) in [6.07, 6.45) is 1.91. The summed E-state index contributed by atoms with van der Waals surface area (Å²) in [6, 6.07) is 3.95. The molecule has 56 valence electrons. The van der Waals surface area contributed by atoms with Crippen molar-refractivity contribution in [2.45, 2.75) is 20.8 Å². The van der Waals surface area contributed by atoms with Gasteiger partial charge < -0.3 is 0 Å². The van der Waals surface area contributed by atoms with Gasteiger partial charge in [-0.15, -0.1) is 0 Å². The van der Waals surface area contributed by atoms with Gasteiger partial charge in [-0.25, -0.2) is 0 Å². The lowest BCUT2D eigenvalue weighted by molar-refractivity contribution is -0.731. The van der Waals surface area contributed by atoms with Gasteiger partial charge in [-0.3, -0.25) is 0 Å². The Bertz CT molecular complexity index is 167. The fraction of sp³-hybridized carbons (Fsp3) is 0.500. The van der Waals surface area contributed by atoms with E-state index in [2.05, 4.69) is 5.10 Å². The molecule has 0 fully saturated rings. The molecule has 0 bridgehead atoms. The second-order valence-corrected chi connectivity index (χ2v) is 1.82. The van der Waals surface area contributed by atoms with Gasteiger partial charge in [0.1, 0.15) is 5.69 Å². The molecule has 2 heteroatoms. The molecule has 2 nitrogen and oxygen atoms in total. The van der Waals surface area contributed by atoms with E-state index in [9.17, 15) is 0 Å². The van der Waals surface area contributed by atoms with Gasteiger partial charge in [0, 0.05) is 6.07 Å². The molecule has 0 aliphatic heterocycles. The molecule has 0 spiro atoms. The molecule has 1 heterocycles. The third-order valence-corrected chi connectivity index (χ3v) is 0.955. The first kappa shape index (κ1) is 9.08. The first-order chi connectivity index (χ1) is 4.79. The maximum atomic E-state index is 4.09. The van der Waals surface area contributed by atoms with Crippen LogP contribution in [0.4, 0.5) is 0 Å². The smallest absolute Gasteiger partial charge is 0.0938 e. The van der Waals surface area contributed by atoms with Crippen molar-refractivity contribution >= 4 is 0 Å². The van der Waals surface area contributed by atoms with Crippen molar-refractivity contribution in [2.24, 2.45) is 7.05 Å². The first-order valence-corrected chi connectivity index (χ1v) is 3.58. The second kappa shape index (κ2) is 4.91. The highest BCUT2D eigenvalue weighted by Gasteiger charge is 1.89. The zero-order valence-electron chi connectivity index (χ0n) is 7.13. The van der Waals surface area contributed by atoms with Crippen LogP contribution in [0.3, 0.4) is 0 Å². The number of aromatic nitrogens is 2. The van der Waals surface area contributed by atoms with Gasteiger partial charge in [-0.2, -0.15) is 0 Å². The highest BCUT2D eigenvalue weighted by molar-refractivity contribution is 4.92. The molecule has 0 aliphatic carbocycles. The summed E-state index contributed by atoms with van der Waals surface area (Å²) in [5.74, 6) is 0. The standard InChI is InChI=1S/C6H9N2.C2H6/c1-6-4-3-5-8(2)7-6;1-2/h3-5H,1-2H3;1-2H3/q+1;. The van der Waals surface area contributed by atoms with Crippen molar-refractivity contribution < 1.29 is 4.68 Å². The van der Waals surface area contributed by atoms with E-state index >= 15 is 0 Å². The Morgan fingerprint density at radius 1 is 1.40 bits per heavy atom. The highest BCUT2D eigenvalue weighted by Crippen LogP contribution is 1.81. The minimum absolute atomic E-state index is 1.05. The fourth-order valence-corrected chi connectivity index (χ4v) is 0.622. The summed E-state index contributed by atoms with van der Waals surface area (Å²) in [6.45, 7) is 5.97. The Morgan fingerprint density at radius 2 is 2.00 bits per heavy atom. The zero-order chi connectivity index (χ0) is 7.98. The molecular formula is C8H15N2+. The van der Waals surface area contributed by atoms with E-state index < -0.39 is 0 Å². The van der Waals surface area contributed by atoms with Gasteiger partial charge in [0.15, 0.2) is 13.2 Å². The molecule has 1 aromatic heterocycles. The van der Waals surface area contributed by atoms with Gasteiger partial charge in [0.05, 0.1) is 0 Å². The topological polar surface area (TPSA) is 16.8 Å². The lowest BCUT2D eigenvalue weighted by atomic mass is 10.4. The minimum Gasteiger partial charge on any atom is -0.0938 e. The van der Waals surface area contributed by atoms with E-state index in [1.807, 2.05) is 46.1 Å². The van der Waals surface area contributed by atoms with Gasteiger partial charge >= 0.3 is 0 Å². The molecule has 0 N–H and O–H groups in total. The van der Waals surface area contributed by atoms with Gasteiger partial charge in [-0.05, 0) is 18.1 Å². The lowest BCUT2D eigenvalue weighted by Gasteiger charge is -1.82. The SMILES string of the molecule is CC.Cc1ccc[n+](C)n1. The van der Waals surface area contributed by atoms with Gasteiger partial charge in [0.2, 0.25) is 0 Å². The van der Waals surface area contributed by atoms with Crippen LogP contribution in [0.25, 0.3) is 0 Å². The van der Waals surface area contributed by atoms with Crippen molar-refractivity contribution in [3.63, 3.8) is 0 Å². The molecule has 0 unspecified atom stereocenters.